The summed E-state index contributed by atoms with van der Waals surface area (Å²) in [7, 11) is 0. The van der Waals surface area contributed by atoms with Gasteiger partial charge in [-0.15, -0.1) is 0 Å². The van der Waals surface area contributed by atoms with E-state index in [4.69, 9.17) is 4.42 Å². The molecule has 0 amide bonds. The largest absolute Gasteiger partial charge is 0.508 e. The number of rotatable bonds is 8. The molecule has 0 aliphatic heterocycles. The highest BCUT2D eigenvalue weighted by Gasteiger charge is 2.23. The molecule has 0 saturated heterocycles. The first-order valence-corrected chi connectivity index (χ1v) is 8.61. The molecule has 134 valence electrons. The zero-order chi connectivity index (χ0) is 18.4. The third-order valence-electron chi connectivity index (χ3n) is 4.20. The van der Waals surface area contributed by atoms with Crippen molar-refractivity contribution in [2.75, 3.05) is 0 Å². The normalized spacial score (nSPS) is 13.0. The van der Waals surface area contributed by atoms with E-state index in [1.54, 1.807) is 18.2 Å². The minimum Gasteiger partial charge on any atom is -0.508 e. The monoisotopic (exact) mass is 342 g/mol. The highest BCUT2D eigenvalue weighted by molar-refractivity contribution is 5.82. The predicted molar refractivity (Wildman–Crippen MR) is 99.9 cm³/mol. The summed E-state index contributed by atoms with van der Waals surface area (Å²) in [6.07, 6.45) is 7.51. The van der Waals surface area contributed by atoms with Crippen molar-refractivity contribution in [2.24, 2.45) is 0 Å². The fraction of sp³-hybridized carbons (Fsp3) is 0.381. The van der Waals surface area contributed by atoms with Gasteiger partial charge in [0.1, 0.15) is 23.0 Å². The molecule has 0 bridgehead atoms. The van der Waals surface area contributed by atoms with Crippen molar-refractivity contribution in [1.29, 1.82) is 0 Å². The maximum Gasteiger partial charge on any atom is 0.314 e. The van der Waals surface area contributed by atoms with Gasteiger partial charge in [-0.05, 0) is 70.7 Å². The summed E-state index contributed by atoms with van der Waals surface area (Å²) < 4.78 is 5.67. The van der Waals surface area contributed by atoms with E-state index in [1.165, 1.54) is 17.2 Å². The van der Waals surface area contributed by atoms with E-state index in [-0.39, 0.29) is 5.75 Å². The van der Waals surface area contributed by atoms with Crippen LogP contribution in [0.25, 0.3) is 11.0 Å². The zero-order valence-corrected chi connectivity index (χ0v) is 15.1. The molecule has 1 heterocycles. The van der Waals surface area contributed by atoms with Crippen LogP contribution < -0.4 is 0 Å². The SMILES string of the molecule is CC(C)=CCC/C(C)=C/CC[C@H](C(=O)O)c1cc2cc(O)ccc2o1. The number of phenolic OH excluding ortho intramolecular Hbond substituents is 1. The molecule has 1 aromatic carbocycles. The van der Waals surface area contributed by atoms with Crippen LogP contribution in [0.1, 0.15) is 58.1 Å². The topological polar surface area (TPSA) is 70.7 Å². The van der Waals surface area contributed by atoms with E-state index in [0.29, 0.717) is 24.2 Å². The molecule has 0 fully saturated rings. The lowest BCUT2D eigenvalue weighted by molar-refractivity contribution is -0.139. The van der Waals surface area contributed by atoms with Crippen LogP contribution in [0.15, 0.2) is 52.0 Å². The summed E-state index contributed by atoms with van der Waals surface area (Å²) in [5.41, 5.74) is 3.18. The summed E-state index contributed by atoms with van der Waals surface area (Å²) in [5, 5.41) is 19.8. The van der Waals surface area contributed by atoms with Crippen LogP contribution in [-0.2, 0) is 4.79 Å². The second-order valence-corrected chi connectivity index (χ2v) is 6.71. The third-order valence-corrected chi connectivity index (χ3v) is 4.20. The Morgan fingerprint density at radius 1 is 1.16 bits per heavy atom. The Morgan fingerprint density at radius 2 is 1.92 bits per heavy atom. The van der Waals surface area contributed by atoms with Crippen molar-refractivity contribution in [3.63, 3.8) is 0 Å². The molecule has 4 nitrogen and oxygen atoms in total. The van der Waals surface area contributed by atoms with Crippen LogP contribution in [0.5, 0.6) is 5.75 Å². The number of aromatic hydroxyl groups is 1. The predicted octanol–water partition coefficient (Wildman–Crippen LogP) is 5.78. The minimum atomic E-state index is -0.890. The molecule has 25 heavy (non-hydrogen) atoms. The molecule has 1 aromatic heterocycles. The lowest BCUT2D eigenvalue weighted by atomic mass is 9.98. The third kappa shape index (κ3) is 5.52. The number of allylic oxidation sites excluding steroid dienone is 4. The maximum absolute atomic E-state index is 11.6. The Balaban J connectivity index is 2.03. The lowest BCUT2D eigenvalue weighted by Crippen LogP contribution is -2.10. The van der Waals surface area contributed by atoms with Crippen LogP contribution >= 0.6 is 0 Å². The first-order chi connectivity index (χ1) is 11.9. The van der Waals surface area contributed by atoms with Crippen molar-refractivity contribution < 1.29 is 19.4 Å². The number of carbonyl (C=O) groups is 1. The smallest absolute Gasteiger partial charge is 0.314 e. The van der Waals surface area contributed by atoms with Crippen LogP contribution in [0.2, 0.25) is 0 Å². The summed E-state index contributed by atoms with van der Waals surface area (Å²) in [5.74, 6) is -0.999. The summed E-state index contributed by atoms with van der Waals surface area (Å²) in [6, 6.07) is 6.47. The van der Waals surface area contributed by atoms with Crippen LogP contribution in [-0.4, -0.2) is 16.2 Å². The van der Waals surface area contributed by atoms with E-state index in [9.17, 15) is 15.0 Å². The van der Waals surface area contributed by atoms with Gasteiger partial charge in [-0.1, -0.05) is 23.3 Å². The minimum absolute atomic E-state index is 0.140. The van der Waals surface area contributed by atoms with Gasteiger partial charge >= 0.3 is 5.97 Å². The molecular formula is C21H26O4. The number of aliphatic carboxylic acids is 1. The van der Waals surface area contributed by atoms with Gasteiger partial charge in [0.05, 0.1) is 0 Å². The number of fused-ring (bicyclic) bond motifs is 1. The van der Waals surface area contributed by atoms with Gasteiger partial charge in [-0.2, -0.15) is 0 Å². The summed E-state index contributed by atoms with van der Waals surface area (Å²) in [6.45, 7) is 6.26. The van der Waals surface area contributed by atoms with Gasteiger partial charge in [0, 0.05) is 5.39 Å². The van der Waals surface area contributed by atoms with Crippen molar-refractivity contribution in [1.82, 2.24) is 0 Å². The van der Waals surface area contributed by atoms with Crippen molar-refractivity contribution in [3.05, 3.63) is 53.3 Å². The molecule has 1 atom stereocenters. The Kier molecular flexibility index (Phi) is 6.45. The molecule has 2 N–H and O–H groups in total. The van der Waals surface area contributed by atoms with Gasteiger partial charge in [0.2, 0.25) is 0 Å². The molecule has 0 aliphatic carbocycles. The van der Waals surface area contributed by atoms with E-state index in [1.807, 2.05) is 0 Å². The van der Waals surface area contributed by atoms with Gasteiger partial charge in [0.15, 0.2) is 0 Å². The number of benzene rings is 1. The van der Waals surface area contributed by atoms with Crippen LogP contribution in [0.4, 0.5) is 0 Å². The van der Waals surface area contributed by atoms with E-state index < -0.39 is 11.9 Å². The van der Waals surface area contributed by atoms with Crippen LogP contribution in [0.3, 0.4) is 0 Å². The summed E-state index contributed by atoms with van der Waals surface area (Å²) >= 11 is 0. The van der Waals surface area contributed by atoms with E-state index in [0.717, 1.165) is 18.2 Å². The Morgan fingerprint density at radius 3 is 2.60 bits per heavy atom. The average molecular weight is 342 g/mol. The number of hydrogen-bond acceptors (Lipinski definition) is 3. The fourth-order valence-corrected chi connectivity index (χ4v) is 2.80. The average Bonchev–Trinajstić information content (AvgIpc) is 2.93. The molecule has 0 saturated carbocycles. The molecular weight excluding hydrogens is 316 g/mol. The molecule has 0 aliphatic rings. The molecule has 0 unspecified atom stereocenters. The molecule has 0 radical (unpaired) electrons. The lowest BCUT2D eigenvalue weighted by Gasteiger charge is -2.08. The fourth-order valence-electron chi connectivity index (χ4n) is 2.80. The van der Waals surface area contributed by atoms with Gasteiger partial charge in [0.25, 0.3) is 0 Å². The van der Waals surface area contributed by atoms with Crippen molar-refractivity contribution in [3.8, 4) is 5.75 Å². The Labute approximate surface area is 148 Å². The first kappa shape index (κ1) is 18.8. The van der Waals surface area contributed by atoms with Crippen molar-refractivity contribution in [2.45, 2.75) is 52.4 Å². The second kappa shape index (κ2) is 8.56. The Hall–Kier alpha value is -2.49. The van der Waals surface area contributed by atoms with Gasteiger partial charge in [-0.3, -0.25) is 4.79 Å². The van der Waals surface area contributed by atoms with E-state index in [2.05, 4.69) is 32.9 Å². The molecule has 4 heteroatoms. The second-order valence-electron chi connectivity index (χ2n) is 6.71. The molecule has 2 aromatic rings. The Bertz CT molecular complexity index is 791. The molecule has 2 rings (SSSR count). The number of hydrogen-bond donors (Lipinski definition) is 2. The number of carboxylic acid groups (broad SMARTS) is 1. The number of furan rings is 1. The van der Waals surface area contributed by atoms with Crippen LogP contribution in [0, 0.1) is 0 Å². The van der Waals surface area contributed by atoms with E-state index >= 15 is 0 Å². The maximum atomic E-state index is 11.6. The van der Waals surface area contributed by atoms with Gasteiger partial charge < -0.3 is 14.6 Å². The van der Waals surface area contributed by atoms with Gasteiger partial charge in [-0.25, -0.2) is 0 Å². The quantitative estimate of drug-likeness (QED) is 0.597. The standard InChI is InChI=1S/C21H26O4/c1-14(2)6-4-7-15(3)8-5-9-18(21(23)24)20-13-16-12-17(22)10-11-19(16)25-20/h6,8,10-13,18,22H,4-5,7,9H2,1-3H3,(H,23,24)/b15-8+/t18-/m0/s1. The highest BCUT2D eigenvalue weighted by Crippen LogP contribution is 2.30. The summed E-state index contributed by atoms with van der Waals surface area (Å²) in [4.78, 5) is 11.6. The molecule has 0 spiro atoms. The van der Waals surface area contributed by atoms with Crippen molar-refractivity contribution >= 4 is 16.9 Å². The number of phenols is 1. The highest BCUT2D eigenvalue weighted by atomic mass is 16.4. The zero-order valence-electron chi connectivity index (χ0n) is 15.1. The number of carboxylic acids is 1. The first-order valence-electron chi connectivity index (χ1n) is 8.61.